The maximum atomic E-state index is 12.8. The second-order valence-corrected chi connectivity index (χ2v) is 7.63. The SMILES string of the molecule is CC(=O)/N=c1\sc(CNC(C)c2ccccc2)cn1-c1ccc(C(F)(F)F)cc1. The topological polar surface area (TPSA) is 46.4 Å². The van der Waals surface area contributed by atoms with E-state index in [0.717, 1.165) is 22.6 Å². The first kappa shape index (κ1) is 21.0. The van der Waals surface area contributed by atoms with Crippen molar-refractivity contribution in [2.75, 3.05) is 0 Å². The number of nitrogens with zero attached hydrogens (tertiary/aromatic N) is 2. The van der Waals surface area contributed by atoms with Crippen molar-refractivity contribution in [3.63, 3.8) is 0 Å². The zero-order valence-corrected chi connectivity index (χ0v) is 16.7. The van der Waals surface area contributed by atoms with Crippen molar-refractivity contribution < 1.29 is 18.0 Å². The minimum Gasteiger partial charge on any atom is -0.305 e. The van der Waals surface area contributed by atoms with Gasteiger partial charge in [0.15, 0.2) is 4.80 Å². The number of carbonyl (C=O) groups excluding carboxylic acids is 1. The fraction of sp³-hybridized carbons (Fsp3) is 0.238. The van der Waals surface area contributed by atoms with E-state index in [2.05, 4.69) is 10.3 Å². The summed E-state index contributed by atoms with van der Waals surface area (Å²) in [6.07, 6.45) is -2.60. The molecule has 8 heteroatoms. The molecule has 1 atom stereocenters. The molecule has 0 aliphatic heterocycles. The van der Waals surface area contributed by atoms with Crippen molar-refractivity contribution in [1.82, 2.24) is 9.88 Å². The molecule has 2 aromatic carbocycles. The lowest BCUT2D eigenvalue weighted by Gasteiger charge is -2.13. The molecule has 152 valence electrons. The van der Waals surface area contributed by atoms with E-state index in [9.17, 15) is 18.0 Å². The molecular formula is C21H20F3N3OS. The van der Waals surface area contributed by atoms with Crippen LogP contribution in [-0.4, -0.2) is 10.5 Å². The Morgan fingerprint density at radius 2 is 1.79 bits per heavy atom. The van der Waals surface area contributed by atoms with Gasteiger partial charge in [-0.25, -0.2) is 0 Å². The number of carbonyl (C=O) groups is 1. The van der Waals surface area contributed by atoms with Crippen LogP contribution in [0, 0.1) is 0 Å². The van der Waals surface area contributed by atoms with Crippen LogP contribution in [0.2, 0.25) is 0 Å². The number of benzene rings is 2. The van der Waals surface area contributed by atoms with Gasteiger partial charge < -0.3 is 5.32 Å². The quantitative estimate of drug-likeness (QED) is 0.642. The molecule has 3 rings (SSSR count). The summed E-state index contributed by atoms with van der Waals surface area (Å²) < 4.78 is 40.1. The second-order valence-electron chi connectivity index (χ2n) is 6.54. The third-order valence-electron chi connectivity index (χ3n) is 4.31. The zero-order chi connectivity index (χ0) is 21.0. The molecule has 1 aromatic heterocycles. The monoisotopic (exact) mass is 419 g/mol. The molecule has 1 heterocycles. The van der Waals surface area contributed by atoms with Gasteiger partial charge in [0.05, 0.1) is 5.56 Å². The Morgan fingerprint density at radius 3 is 2.38 bits per heavy atom. The lowest BCUT2D eigenvalue weighted by molar-refractivity contribution is -0.137. The first-order chi connectivity index (χ1) is 13.7. The number of alkyl halides is 3. The Kier molecular flexibility index (Phi) is 6.34. The number of rotatable bonds is 5. The Labute approximate surface area is 170 Å². The first-order valence-corrected chi connectivity index (χ1v) is 9.78. The summed E-state index contributed by atoms with van der Waals surface area (Å²) in [4.78, 5) is 16.8. The van der Waals surface area contributed by atoms with Crippen LogP contribution < -0.4 is 10.1 Å². The molecule has 0 saturated carbocycles. The van der Waals surface area contributed by atoms with Crippen molar-refractivity contribution in [2.45, 2.75) is 32.6 Å². The molecule has 4 nitrogen and oxygen atoms in total. The highest BCUT2D eigenvalue weighted by Gasteiger charge is 2.30. The normalized spacial score (nSPS) is 13.5. The van der Waals surface area contributed by atoms with E-state index in [0.29, 0.717) is 17.0 Å². The molecular weight excluding hydrogens is 399 g/mol. The van der Waals surface area contributed by atoms with E-state index < -0.39 is 11.7 Å². The van der Waals surface area contributed by atoms with E-state index in [4.69, 9.17) is 0 Å². The van der Waals surface area contributed by atoms with E-state index >= 15 is 0 Å². The van der Waals surface area contributed by atoms with Crippen LogP contribution in [-0.2, 0) is 17.5 Å². The van der Waals surface area contributed by atoms with Crippen LogP contribution in [0.5, 0.6) is 0 Å². The number of nitrogens with one attached hydrogen (secondary N) is 1. The summed E-state index contributed by atoms with van der Waals surface area (Å²) in [5, 5.41) is 3.41. The highest BCUT2D eigenvalue weighted by atomic mass is 32.1. The summed E-state index contributed by atoms with van der Waals surface area (Å²) in [6.45, 7) is 3.93. The van der Waals surface area contributed by atoms with Gasteiger partial charge in [-0.05, 0) is 36.8 Å². The molecule has 0 aliphatic carbocycles. The summed E-state index contributed by atoms with van der Waals surface area (Å²) in [5.74, 6) is -0.371. The fourth-order valence-corrected chi connectivity index (χ4v) is 3.77. The van der Waals surface area contributed by atoms with Gasteiger partial charge in [-0.1, -0.05) is 41.7 Å². The van der Waals surface area contributed by atoms with Crippen molar-refractivity contribution in [3.8, 4) is 5.69 Å². The Balaban J connectivity index is 1.86. The van der Waals surface area contributed by atoms with Crippen molar-refractivity contribution >= 4 is 17.2 Å². The molecule has 0 saturated heterocycles. The van der Waals surface area contributed by atoms with Crippen LogP contribution in [0.4, 0.5) is 13.2 Å². The first-order valence-electron chi connectivity index (χ1n) is 8.96. The smallest absolute Gasteiger partial charge is 0.305 e. The molecule has 0 aliphatic rings. The number of hydrogen-bond acceptors (Lipinski definition) is 3. The summed E-state index contributed by atoms with van der Waals surface area (Å²) in [7, 11) is 0. The van der Waals surface area contributed by atoms with Gasteiger partial charge in [-0.15, -0.1) is 0 Å². The van der Waals surface area contributed by atoms with Crippen molar-refractivity contribution in [1.29, 1.82) is 0 Å². The molecule has 0 radical (unpaired) electrons. The molecule has 0 spiro atoms. The lowest BCUT2D eigenvalue weighted by atomic mass is 10.1. The third kappa shape index (κ3) is 5.42. The average Bonchev–Trinajstić information content (AvgIpc) is 3.08. The number of hydrogen-bond donors (Lipinski definition) is 1. The van der Waals surface area contributed by atoms with E-state index in [1.54, 1.807) is 10.8 Å². The number of aromatic nitrogens is 1. The summed E-state index contributed by atoms with van der Waals surface area (Å²) in [6, 6.07) is 14.9. The summed E-state index contributed by atoms with van der Waals surface area (Å²) >= 11 is 1.32. The van der Waals surface area contributed by atoms with Crippen molar-refractivity contribution in [3.05, 3.63) is 81.6 Å². The van der Waals surface area contributed by atoms with E-state index in [-0.39, 0.29) is 11.9 Å². The van der Waals surface area contributed by atoms with Gasteiger partial charge >= 0.3 is 6.18 Å². The average molecular weight is 419 g/mol. The van der Waals surface area contributed by atoms with Gasteiger partial charge in [-0.3, -0.25) is 9.36 Å². The van der Waals surface area contributed by atoms with Gasteiger partial charge in [0, 0.05) is 36.3 Å². The molecule has 1 unspecified atom stereocenters. The predicted molar refractivity (Wildman–Crippen MR) is 107 cm³/mol. The third-order valence-corrected chi connectivity index (χ3v) is 5.29. The van der Waals surface area contributed by atoms with Crippen LogP contribution in [0.25, 0.3) is 5.69 Å². The predicted octanol–water partition coefficient (Wildman–Crippen LogP) is 4.86. The standard InChI is InChI=1S/C21H20F3N3OS/c1-14(16-6-4-3-5-7-16)25-12-19-13-27(20(29-19)26-15(2)28)18-10-8-17(9-11-18)21(22,23)24/h3-11,13-14,25H,12H2,1-2H3/b26-20-. The molecule has 1 amide bonds. The minimum atomic E-state index is -4.40. The Hall–Kier alpha value is -2.71. The van der Waals surface area contributed by atoms with Gasteiger partial charge in [0.2, 0.25) is 5.91 Å². The highest BCUT2D eigenvalue weighted by Crippen LogP contribution is 2.29. The Morgan fingerprint density at radius 1 is 1.14 bits per heavy atom. The highest BCUT2D eigenvalue weighted by molar-refractivity contribution is 7.09. The van der Waals surface area contributed by atoms with E-state index in [1.165, 1.54) is 30.4 Å². The number of halogens is 3. The zero-order valence-electron chi connectivity index (χ0n) is 15.9. The van der Waals surface area contributed by atoms with E-state index in [1.807, 2.05) is 37.3 Å². The number of thiazole rings is 1. The summed E-state index contributed by atoms with van der Waals surface area (Å²) in [5.41, 5.74) is 0.936. The molecule has 0 bridgehead atoms. The van der Waals surface area contributed by atoms with Gasteiger partial charge in [-0.2, -0.15) is 18.2 Å². The van der Waals surface area contributed by atoms with Crippen LogP contribution in [0.3, 0.4) is 0 Å². The van der Waals surface area contributed by atoms with Crippen LogP contribution >= 0.6 is 11.3 Å². The maximum absolute atomic E-state index is 12.8. The molecule has 3 aromatic rings. The fourth-order valence-electron chi connectivity index (χ4n) is 2.79. The van der Waals surface area contributed by atoms with Gasteiger partial charge in [0.25, 0.3) is 0 Å². The number of amides is 1. The second kappa shape index (κ2) is 8.75. The van der Waals surface area contributed by atoms with Crippen molar-refractivity contribution in [2.24, 2.45) is 4.99 Å². The van der Waals surface area contributed by atoms with Crippen LogP contribution in [0.15, 0.2) is 65.8 Å². The van der Waals surface area contributed by atoms with Crippen LogP contribution in [0.1, 0.15) is 35.9 Å². The maximum Gasteiger partial charge on any atom is 0.416 e. The minimum absolute atomic E-state index is 0.117. The largest absolute Gasteiger partial charge is 0.416 e. The molecule has 1 N–H and O–H groups in total. The molecule has 29 heavy (non-hydrogen) atoms. The lowest BCUT2D eigenvalue weighted by Crippen LogP contribution is -2.17. The molecule has 0 fully saturated rings. The Bertz CT molecular complexity index is 1040. The van der Waals surface area contributed by atoms with Gasteiger partial charge in [0.1, 0.15) is 0 Å².